The van der Waals surface area contributed by atoms with Crippen molar-refractivity contribution < 1.29 is 23.9 Å². The molecule has 0 radical (unpaired) electrons. The van der Waals surface area contributed by atoms with Crippen LogP contribution in [0.4, 0.5) is 4.79 Å². The van der Waals surface area contributed by atoms with Crippen LogP contribution in [0.3, 0.4) is 0 Å². The fourth-order valence-electron chi connectivity index (χ4n) is 3.60. The summed E-state index contributed by atoms with van der Waals surface area (Å²) in [5.74, 6) is -0.580. The maximum Gasteiger partial charge on any atom is 0.408 e. The standard InChI is InChI=1S/C21H34N2O5/c1-14(19(25)27-17-8-6-5-7-9-17)12-16(13-15-10-11-22-18(15)24)23-20(26)28-21(2,3)4/h12,15-17H,5-11,13H2,1-4H3,(H,22,24)(H,23,26)/b14-12+/t15-,16+/m0/s1. The molecule has 2 fully saturated rings. The largest absolute Gasteiger partial charge is 0.459 e. The van der Waals surface area contributed by atoms with Crippen molar-refractivity contribution in [2.24, 2.45) is 5.92 Å². The summed E-state index contributed by atoms with van der Waals surface area (Å²) in [6.45, 7) is 7.68. The lowest BCUT2D eigenvalue weighted by molar-refractivity contribution is -0.145. The summed E-state index contributed by atoms with van der Waals surface area (Å²) in [5.41, 5.74) is -0.192. The Kier molecular flexibility index (Phi) is 7.89. The minimum atomic E-state index is -0.627. The Morgan fingerprint density at radius 1 is 1.21 bits per heavy atom. The molecule has 0 spiro atoms. The van der Waals surface area contributed by atoms with Gasteiger partial charge in [-0.1, -0.05) is 12.5 Å². The molecular weight excluding hydrogens is 360 g/mol. The normalized spacial score (nSPS) is 22.4. The van der Waals surface area contributed by atoms with Crippen LogP contribution < -0.4 is 10.6 Å². The number of rotatable bonds is 6. The van der Waals surface area contributed by atoms with Crippen LogP contribution in [0.15, 0.2) is 11.6 Å². The highest BCUT2D eigenvalue weighted by Gasteiger charge is 2.29. The van der Waals surface area contributed by atoms with E-state index in [9.17, 15) is 14.4 Å². The van der Waals surface area contributed by atoms with Gasteiger partial charge < -0.3 is 20.1 Å². The summed E-state index contributed by atoms with van der Waals surface area (Å²) in [6, 6.07) is -0.484. The van der Waals surface area contributed by atoms with E-state index in [1.54, 1.807) is 33.8 Å². The minimum absolute atomic E-state index is 0.0215. The van der Waals surface area contributed by atoms with Crippen molar-refractivity contribution in [1.82, 2.24) is 10.6 Å². The predicted octanol–water partition coefficient (Wildman–Crippen LogP) is 3.23. The van der Waals surface area contributed by atoms with Crippen molar-refractivity contribution in [1.29, 1.82) is 0 Å². The number of hydrogen-bond donors (Lipinski definition) is 2. The van der Waals surface area contributed by atoms with Gasteiger partial charge in [-0.25, -0.2) is 9.59 Å². The Bertz CT molecular complexity index is 602. The van der Waals surface area contributed by atoms with Crippen molar-refractivity contribution in [3.05, 3.63) is 11.6 Å². The average Bonchev–Trinajstić information content (AvgIpc) is 2.98. The summed E-state index contributed by atoms with van der Waals surface area (Å²) in [7, 11) is 0. The van der Waals surface area contributed by atoms with Gasteiger partial charge in [0.05, 0.1) is 6.04 Å². The van der Waals surface area contributed by atoms with Gasteiger partial charge >= 0.3 is 12.1 Å². The lowest BCUT2D eigenvalue weighted by Crippen LogP contribution is -2.40. The molecule has 28 heavy (non-hydrogen) atoms. The first-order valence-electron chi connectivity index (χ1n) is 10.3. The number of alkyl carbamates (subject to hydrolysis) is 1. The predicted molar refractivity (Wildman–Crippen MR) is 106 cm³/mol. The van der Waals surface area contributed by atoms with Gasteiger partial charge in [0.1, 0.15) is 11.7 Å². The molecule has 2 atom stereocenters. The summed E-state index contributed by atoms with van der Waals surface area (Å²) in [4.78, 5) is 36.6. The van der Waals surface area contributed by atoms with E-state index < -0.39 is 17.7 Å². The third-order valence-corrected chi connectivity index (χ3v) is 5.00. The molecule has 1 saturated carbocycles. The van der Waals surface area contributed by atoms with Gasteiger partial charge in [0.25, 0.3) is 0 Å². The summed E-state index contributed by atoms with van der Waals surface area (Å²) in [6.07, 6.45) is 7.38. The summed E-state index contributed by atoms with van der Waals surface area (Å²) < 4.78 is 10.9. The number of hydrogen-bond acceptors (Lipinski definition) is 5. The first-order valence-corrected chi connectivity index (χ1v) is 10.3. The van der Waals surface area contributed by atoms with Crippen molar-refractivity contribution >= 4 is 18.0 Å². The number of carbonyl (C=O) groups is 3. The van der Waals surface area contributed by atoms with Crippen LogP contribution in [0.25, 0.3) is 0 Å². The summed E-state index contributed by atoms with van der Waals surface area (Å²) >= 11 is 0. The van der Waals surface area contributed by atoms with Gasteiger partial charge in [0.2, 0.25) is 5.91 Å². The van der Waals surface area contributed by atoms with E-state index in [0.29, 0.717) is 25.0 Å². The number of esters is 1. The second-order valence-corrected chi connectivity index (χ2v) is 8.78. The molecule has 0 aromatic rings. The Labute approximate surface area is 167 Å². The van der Waals surface area contributed by atoms with Gasteiger partial charge in [0, 0.05) is 18.0 Å². The smallest absolute Gasteiger partial charge is 0.408 e. The van der Waals surface area contributed by atoms with Gasteiger partial charge in [-0.3, -0.25) is 4.79 Å². The van der Waals surface area contributed by atoms with Crippen LogP contribution in [0.1, 0.15) is 72.6 Å². The van der Waals surface area contributed by atoms with E-state index in [2.05, 4.69) is 10.6 Å². The molecule has 1 saturated heterocycles. The summed E-state index contributed by atoms with van der Waals surface area (Å²) in [5, 5.41) is 5.59. The number of carbonyl (C=O) groups excluding carboxylic acids is 3. The van der Waals surface area contributed by atoms with E-state index in [0.717, 1.165) is 25.7 Å². The minimum Gasteiger partial charge on any atom is -0.459 e. The molecule has 7 nitrogen and oxygen atoms in total. The SMILES string of the molecule is C/C(=C\[C@H](C[C@@H]1CCNC1=O)NC(=O)OC(C)(C)C)C(=O)OC1CCCCC1. The molecular formula is C21H34N2O5. The zero-order chi connectivity index (χ0) is 20.7. The van der Waals surface area contributed by atoms with E-state index in [4.69, 9.17) is 9.47 Å². The Morgan fingerprint density at radius 3 is 2.46 bits per heavy atom. The topological polar surface area (TPSA) is 93.7 Å². The highest BCUT2D eigenvalue weighted by atomic mass is 16.6. The molecule has 0 aromatic carbocycles. The zero-order valence-electron chi connectivity index (χ0n) is 17.5. The van der Waals surface area contributed by atoms with Crippen LogP contribution in [0.2, 0.25) is 0 Å². The van der Waals surface area contributed by atoms with Crippen molar-refractivity contribution in [3.63, 3.8) is 0 Å². The lowest BCUT2D eigenvalue weighted by atomic mass is 9.96. The number of nitrogens with one attached hydrogen (secondary N) is 2. The Hall–Kier alpha value is -2.05. The molecule has 2 N–H and O–H groups in total. The molecule has 2 amide bonds. The molecule has 1 aliphatic heterocycles. The second kappa shape index (κ2) is 9.94. The molecule has 158 valence electrons. The van der Waals surface area contributed by atoms with E-state index in [1.165, 1.54) is 6.42 Å². The highest BCUT2D eigenvalue weighted by Crippen LogP contribution is 2.22. The Balaban J connectivity index is 2.02. The van der Waals surface area contributed by atoms with Crippen molar-refractivity contribution in [2.75, 3.05) is 6.54 Å². The molecule has 7 heteroatoms. The first-order chi connectivity index (χ1) is 13.1. The molecule has 2 aliphatic rings. The van der Waals surface area contributed by atoms with Crippen LogP contribution in [-0.4, -0.2) is 42.3 Å². The van der Waals surface area contributed by atoms with E-state index in [1.807, 2.05) is 0 Å². The average molecular weight is 395 g/mol. The first kappa shape index (κ1) is 22.2. The maximum atomic E-state index is 12.4. The molecule has 1 aliphatic carbocycles. The maximum absolute atomic E-state index is 12.4. The third kappa shape index (κ3) is 7.52. The fourth-order valence-corrected chi connectivity index (χ4v) is 3.60. The number of amides is 2. The van der Waals surface area contributed by atoms with Crippen LogP contribution in [0.5, 0.6) is 0 Å². The second-order valence-electron chi connectivity index (χ2n) is 8.78. The van der Waals surface area contributed by atoms with Gasteiger partial charge in [0.15, 0.2) is 0 Å². The van der Waals surface area contributed by atoms with Crippen LogP contribution >= 0.6 is 0 Å². The van der Waals surface area contributed by atoms with Crippen molar-refractivity contribution in [2.45, 2.75) is 90.4 Å². The Morgan fingerprint density at radius 2 is 1.89 bits per heavy atom. The molecule has 0 bridgehead atoms. The van der Waals surface area contributed by atoms with Crippen molar-refractivity contribution in [3.8, 4) is 0 Å². The van der Waals surface area contributed by atoms with Crippen LogP contribution in [0, 0.1) is 5.92 Å². The van der Waals surface area contributed by atoms with Gasteiger partial charge in [-0.15, -0.1) is 0 Å². The third-order valence-electron chi connectivity index (χ3n) is 5.00. The van der Waals surface area contributed by atoms with Gasteiger partial charge in [-0.2, -0.15) is 0 Å². The fraction of sp³-hybridized carbons (Fsp3) is 0.762. The quantitative estimate of drug-likeness (QED) is 0.533. The van der Waals surface area contributed by atoms with E-state index in [-0.39, 0.29) is 23.9 Å². The monoisotopic (exact) mass is 394 g/mol. The molecule has 0 unspecified atom stereocenters. The van der Waals surface area contributed by atoms with Gasteiger partial charge in [-0.05, 0) is 66.2 Å². The lowest BCUT2D eigenvalue weighted by Gasteiger charge is -2.24. The van der Waals surface area contributed by atoms with E-state index >= 15 is 0 Å². The zero-order valence-corrected chi connectivity index (χ0v) is 17.5. The highest BCUT2D eigenvalue weighted by molar-refractivity contribution is 5.88. The molecule has 2 rings (SSSR count). The van der Waals surface area contributed by atoms with Crippen LogP contribution in [-0.2, 0) is 19.1 Å². The molecule has 0 aromatic heterocycles. The number of ether oxygens (including phenoxy) is 2. The molecule has 1 heterocycles.